The highest BCUT2D eigenvalue weighted by Crippen LogP contribution is 2.28. The first kappa shape index (κ1) is 23.7. The van der Waals surface area contributed by atoms with E-state index in [0.29, 0.717) is 10.9 Å². The number of rotatable bonds is 9. The molecule has 6 nitrogen and oxygen atoms in total. The van der Waals surface area contributed by atoms with E-state index in [1.54, 1.807) is 12.1 Å². The van der Waals surface area contributed by atoms with Gasteiger partial charge in [-0.1, -0.05) is 31.4 Å². The van der Waals surface area contributed by atoms with Crippen LogP contribution in [-0.2, 0) is 16.3 Å². The highest BCUT2D eigenvalue weighted by atomic mass is 32.2. The van der Waals surface area contributed by atoms with Crippen molar-refractivity contribution in [3.05, 3.63) is 29.8 Å². The molecule has 1 atom stereocenters. The number of benzene rings is 1. The van der Waals surface area contributed by atoms with Crippen LogP contribution in [0.2, 0.25) is 0 Å². The van der Waals surface area contributed by atoms with Crippen LogP contribution < -0.4 is 10.6 Å². The van der Waals surface area contributed by atoms with Crippen molar-refractivity contribution in [1.29, 1.82) is 0 Å². The molecule has 0 saturated heterocycles. The molecule has 0 amide bonds. The second-order valence-corrected chi connectivity index (χ2v) is 10.3. The van der Waals surface area contributed by atoms with Crippen LogP contribution in [0.5, 0.6) is 0 Å². The van der Waals surface area contributed by atoms with E-state index in [2.05, 4.69) is 36.6 Å². The van der Waals surface area contributed by atoms with E-state index in [0.717, 1.165) is 43.5 Å². The summed E-state index contributed by atoms with van der Waals surface area (Å²) in [6, 6.07) is 7.60. The van der Waals surface area contributed by atoms with Gasteiger partial charge < -0.3 is 15.5 Å². The minimum absolute atomic E-state index is 0.363. The van der Waals surface area contributed by atoms with E-state index in [4.69, 9.17) is 4.99 Å². The molecule has 1 aliphatic rings. The van der Waals surface area contributed by atoms with Crippen molar-refractivity contribution in [2.75, 3.05) is 40.0 Å². The molecular formula is C22H38N4O2S. The summed E-state index contributed by atoms with van der Waals surface area (Å²) in [5, 5.41) is 6.75. The predicted molar refractivity (Wildman–Crippen MR) is 121 cm³/mol. The zero-order chi connectivity index (χ0) is 21.3. The molecule has 7 heteroatoms. The Kier molecular flexibility index (Phi) is 9.43. The fourth-order valence-electron chi connectivity index (χ4n) is 4.01. The summed E-state index contributed by atoms with van der Waals surface area (Å²) in [5.74, 6) is 1.58. The number of nitrogens with one attached hydrogen (secondary N) is 2. The minimum atomic E-state index is -3.14. The molecule has 2 N–H and O–H groups in total. The summed E-state index contributed by atoms with van der Waals surface area (Å²) < 4.78 is 23.1. The molecule has 2 rings (SSSR count). The van der Waals surface area contributed by atoms with E-state index < -0.39 is 9.84 Å². The van der Waals surface area contributed by atoms with Crippen LogP contribution in [0, 0.1) is 5.92 Å². The fourth-order valence-corrected chi connectivity index (χ4v) is 4.64. The Morgan fingerprint density at radius 2 is 1.79 bits per heavy atom. The zero-order valence-corrected chi connectivity index (χ0v) is 19.3. The lowest BCUT2D eigenvalue weighted by Crippen LogP contribution is -2.42. The van der Waals surface area contributed by atoms with Crippen LogP contribution in [0.1, 0.15) is 44.6 Å². The molecular weight excluding hydrogens is 384 g/mol. The summed E-state index contributed by atoms with van der Waals surface area (Å²) in [6.07, 6.45) is 8.72. The van der Waals surface area contributed by atoms with Crippen molar-refractivity contribution in [3.8, 4) is 0 Å². The summed E-state index contributed by atoms with van der Waals surface area (Å²) in [4.78, 5) is 7.55. The number of aliphatic imine (C=N–C) groups is 1. The molecule has 1 aliphatic carbocycles. The largest absolute Gasteiger partial charge is 0.357 e. The number of nitrogens with zero attached hydrogens (tertiary/aromatic N) is 2. The van der Waals surface area contributed by atoms with Gasteiger partial charge in [-0.3, -0.25) is 4.99 Å². The van der Waals surface area contributed by atoms with Gasteiger partial charge in [-0.15, -0.1) is 0 Å². The van der Waals surface area contributed by atoms with Crippen molar-refractivity contribution < 1.29 is 8.42 Å². The lowest BCUT2D eigenvalue weighted by atomic mass is 9.83. The predicted octanol–water partition coefficient (Wildman–Crippen LogP) is 2.70. The molecule has 0 heterocycles. The van der Waals surface area contributed by atoms with E-state index in [9.17, 15) is 8.42 Å². The van der Waals surface area contributed by atoms with Gasteiger partial charge in [0.05, 0.1) is 11.4 Å². The van der Waals surface area contributed by atoms with Gasteiger partial charge >= 0.3 is 0 Å². The van der Waals surface area contributed by atoms with E-state index in [1.807, 2.05) is 12.1 Å². The van der Waals surface area contributed by atoms with Gasteiger partial charge in [0.15, 0.2) is 15.8 Å². The zero-order valence-electron chi connectivity index (χ0n) is 18.4. The summed E-state index contributed by atoms with van der Waals surface area (Å²) in [6.45, 7) is 4.45. The van der Waals surface area contributed by atoms with Crippen LogP contribution in [0.25, 0.3) is 0 Å². The topological polar surface area (TPSA) is 73.8 Å². The van der Waals surface area contributed by atoms with Crippen molar-refractivity contribution in [3.63, 3.8) is 0 Å². The average molecular weight is 423 g/mol. The van der Waals surface area contributed by atoms with Crippen LogP contribution >= 0.6 is 0 Å². The second kappa shape index (κ2) is 11.6. The van der Waals surface area contributed by atoms with E-state index >= 15 is 0 Å². The van der Waals surface area contributed by atoms with Crippen LogP contribution in [-0.4, -0.2) is 65.3 Å². The maximum atomic E-state index is 11.6. The van der Waals surface area contributed by atoms with Crippen molar-refractivity contribution in [2.45, 2.75) is 56.4 Å². The maximum Gasteiger partial charge on any atom is 0.191 e. The Bertz CT molecular complexity index is 739. The Hall–Kier alpha value is -1.60. The van der Waals surface area contributed by atoms with Gasteiger partial charge in [-0.2, -0.15) is 0 Å². The van der Waals surface area contributed by atoms with Crippen LogP contribution in [0.4, 0.5) is 0 Å². The van der Waals surface area contributed by atoms with Gasteiger partial charge in [0.1, 0.15) is 0 Å². The van der Waals surface area contributed by atoms with Crippen LogP contribution in [0.15, 0.2) is 34.2 Å². The Morgan fingerprint density at radius 3 is 2.34 bits per heavy atom. The number of hydrogen-bond acceptors (Lipinski definition) is 4. The standard InChI is InChI=1S/C22H38N4O2S/c1-5-23-22(25-17-21(26(2)3)19-9-7-6-8-10-19)24-16-15-18-11-13-20(14-12-18)29(4,27)28/h11-14,19,21H,5-10,15-17H2,1-4H3,(H2,23,24,25). The van der Waals surface area contributed by atoms with Gasteiger partial charge in [0, 0.05) is 25.4 Å². The van der Waals surface area contributed by atoms with Gasteiger partial charge in [-0.05, 0) is 63.9 Å². The summed E-state index contributed by atoms with van der Waals surface area (Å²) >= 11 is 0. The first-order valence-electron chi connectivity index (χ1n) is 10.8. The normalized spacial score (nSPS) is 17.3. The average Bonchev–Trinajstić information content (AvgIpc) is 2.68. The first-order chi connectivity index (χ1) is 13.8. The van der Waals surface area contributed by atoms with Crippen molar-refractivity contribution in [1.82, 2.24) is 15.5 Å². The Labute approximate surface area is 177 Å². The quantitative estimate of drug-likeness (QED) is 0.473. The molecule has 0 radical (unpaired) electrons. The first-order valence-corrected chi connectivity index (χ1v) is 12.7. The monoisotopic (exact) mass is 422 g/mol. The number of sulfone groups is 1. The third kappa shape index (κ3) is 7.97. The summed E-state index contributed by atoms with van der Waals surface area (Å²) in [7, 11) is 1.18. The molecule has 1 aromatic carbocycles. The van der Waals surface area contributed by atoms with E-state index in [-0.39, 0.29) is 0 Å². The van der Waals surface area contributed by atoms with Crippen molar-refractivity contribution in [2.24, 2.45) is 10.9 Å². The fraction of sp³-hybridized carbons (Fsp3) is 0.682. The van der Waals surface area contributed by atoms with Crippen LogP contribution in [0.3, 0.4) is 0 Å². The number of hydrogen-bond donors (Lipinski definition) is 2. The number of guanidine groups is 1. The molecule has 0 aliphatic heterocycles. The van der Waals surface area contributed by atoms with Gasteiger partial charge in [0.2, 0.25) is 0 Å². The molecule has 0 aromatic heterocycles. The molecule has 1 unspecified atom stereocenters. The van der Waals surface area contributed by atoms with Gasteiger partial charge in [0.25, 0.3) is 0 Å². The number of likely N-dealkylation sites (N-methyl/N-ethyl adjacent to an activating group) is 1. The highest BCUT2D eigenvalue weighted by Gasteiger charge is 2.25. The van der Waals surface area contributed by atoms with Gasteiger partial charge in [-0.25, -0.2) is 8.42 Å². The third-order valence-corrected chi connectivity index (χ3v) is 6.82. The Balaban J connectivity index is 1.90. The summed E-state index contributed by atoms with van der Waals surface area (Å²) in [5.41, 5.74) is 1.11. The minimum Gasteiger partial charge on any atom is -0.357 e. The molecule has 29 heavy (non-hydrogen) atoms. The van der Waals surface area contributed by atoms with E-state index in [1.165, 1.54) is 38.4 Å². The van der Waals surface area contributed by atoms with Crippen molar-refractivity contribution >= 4 is 15.8 Å². The molecule has 1 aromatic rings. The smallest absolute Gasteiger partial charge is 0.191 e. The molecule has 164 valence electrons. The maximum absolute atomic E-state index is 11.6. The highest BCUT2D eigenvalue weighted by molar-refractivity contribution is 7.90. The Morgan fingerprint density at radius 1 is 1.14 bits per heavy atom. The molecule has 1 fully saturated rings. The lowest BCUT2D eigenvalue weighted by molar-refractivity contribution is 0.176. The molecule has 0 bridgehead atoms. The lowest BCUT2D eigenvalue weighted by Gasteiger charge is -2.34. The molecule has 1 saturated carbocycles. The third-order valence-electron chi connectivity index (χ3n) is 5.70. The second-order valence-electron chi connectivity index (χ2n) is 8.24. The molecule has 0 spiro atoms. The SMILES string of the molecule is CCNC(=NCC(C1CCCCC1)N(C)C)NCCc1ccc(S(C)(=O)=O)cc1.